The van der Waals surface area contributed by atoms with Crippen LogP contribution < -0.4 is 15.4 Å². The molecule has 2 aliphatic heterocycles. The minimum atomic E-state index is -1.15. The summed E-state index contributed by atoms with van der Waals surface area (Å²) < 4.78 is 5.57. The van der Waals surface area contributed by atoms with Crippen molar-refractivity contribution in [3.8, 4) is 5.75 Å². The fraction of sp³-hybridized carbons (Fsp3) is 0.417. The Morgan fingerprint density at radius 2 is 1.75 bits per heavy atom. The van der Waals surface area contributed by atoms with E-state index in [0.717, 1.165) is 24.2 Å². The van der Waals surface area contributed by atoms with E-state index in [2.05, 4.69) is 15.5 Å². The molecule has 4 rings (SSSR count). The Balaban J connectivity index is 1.45. The van der Waals surface area contributed by atoms with Crippen molar-refractivity contribution in [1.82, 2.24) is 20.4 Å². The van der Waals surface area contributed by atoms with Gasteiger partial charge in [0.25, 0.3) is 0 Å². The second-order valence-corrected chi connectivity index (χ2v) is 8.42. The van der Waals surface area contributed by atoms with E-state index in [0.29, 0.717) is 31.7 Å². The molecule has 0 spiro atoms. The van der Waals surface area contributed by atoms with Crippen molar-refractivity contribution in [2.75, 3.05) is 33.2 Å². The normalized spacial score (nSPS) is 21.8. The van der Waals surface area contributed by atoms with Gasteiger partial charge in [-0.2, -0.15) is 0 Å². The summed E-state index contributed by atoms with van der Waals surface area (Å²) in [4.78, 5) is 30.0. The van der Waals surface area contributed by atoms with Gasteiger partial charge in [0.2, 0.25) is 12.2 Å². The van der Waals surface area contributed by atoms with Crippen molar-refractivity contribution in [1.29, 1.82) is 0 Å². The van der Waals surface area contributed by atoms with Crippen molar-refractivity contribution in [2.24, 2.45) is 0 Å². The molecule has 1 unspecified atom stereocenters. The molecular formula is C24H30N4O4. The molecule has 8 heteroatoms. The predicted octanol–water partition coefficient (Wildman–Crippen LogP) is 0.993. The number of aliphatic hydroxyl groups excluding tert-OH is 1. The maximum atomic E-state index is 13.2. The zero-order valence-electron chi connectivity index (χ0n) is 18.2. The maximum Gasteiger partial charge on any atom is 0.318 e. The van der Waals surface area contributed by atoms with Crippen LogP contribution in [0.2, 0.25) is 0 Å². The van der Waals surface area contributed by atoms with Gasteiger partial charge in [0, 0.05) is 39.0 Å². The average molecular weight is 439 g/mol. The Morgan fingerprint density at radius 3 is 2.50 bits per heavy atom. The van der Waals surface area contributed by atoms with E-state index in [-0.39, 0.29) is 11.9 Å². The summed E-state index contributed by atoms with van der Waals surface area (Å²) in [6.45, 7) is 2.84. The highest BCUT2D eigenvalue weighted by Crippen LogP contribution is 2.26. The van der Waals surface area contributed by atoms with Crippen LogP contribution in [0.25, 0.3) is 0 Å². The molecule has 2 heterocycles. The van der Waals surface area contributed by atoms with Crippen molar-refractivity contribution in [3.63, 3.8) is 0 Å². The van der Waals surface area contributed by atoms with Gasteiger partial charge in [0.1, 0.15) is 11.8 Å². The summed E-state index contributed by atoms with van der Waals surface area (Å²) in [6, 6.07) is 15.4. The number of urea groups is 1. The lowest BCUT2D eigenvalue weighted by atomic mass is 10.00. The minimum Gasteiger partial charge on any atom is -0.463 e. The lowest BCUT2D eigenvalue weighted by molar-refractivity contribution is -0.128. The highest BCUT2D eigenvalue weighted by Gasteiger charge is 2.33. The average Bonchev–Trinajstić information content (AvgIpc) is 2.80. The van der Waals surface area contributed by atoms with Gasteiger partial charge in [0.05, 0.1) is 6.04 Å². The Kier molecular flexibility index (Phi) is 6.92. The molecule has 3 amide bonds. The Hall–Kier alpha value is -3.10. The summed E-state index contributed by atoms with van der Waals surface area (Å²) in [7, 11) is 2.02. The van der Waals surface area contributed by atoms with Crippen LogP contribution in [0.4, 0.5) is 4.79 Å². The van der Waals surface area contributed by atoms with Crippen LogP contribution in [0.5, 0.6) is 5.75 Å². The summed E-state index contributed by atoms with van der Waals surface area (Å²) in [6.07, 6.45) is -0.348. The number of benzene rings is 2. The molecule has 1 fully saturated rings. The standard InChI is InChI=1S/C24H30N4O4/c1-27-11-13-28(14-12-27)24(31)26-19(15-17-7-3-2-4-8-17)22(29)25-20-16-18-9-5-6-10-21(18)32-23(20)30/h2-10,19-20,23,30H,11-16H2,1H3,(H,25,29)(H,26,31)/t19-,20-,23?/m0/s1. The van der Waals surface area contributed by atoms with E-state index in [9.17, 15) is 14.7 Å². The number of likely N-dealkylation sites (N-methyl/N-ethyl adjacent to an activating group) is 1. The zero-order valence-corrected chi connectivity index (χ0v) is 18.2. The van der Waals surface area contributed by atoms with Gasteiger partial charge < -0.3 is 30.3 Å². The smallest absolute Gasteiger partial charge is 0.318 e. The van der Waals surface area contributed by atoms with E-state index in [1.807, 2.05) is 55.6 Å². The number of para-hydroxylation sites is 1. The molecule has 170 valence electrons. The number of hydrogen-bond donors (Lipinski definition) is 3. The van der Waals surface area contributed by atoms with Gasteiger partial charge in [-0.05, 0) is 24.2 Å². The van der Waals surface area contributed by atoms with Gasteiger partial charge in [-0.3, -0.25) is 4.79 Å². The lowest BCUT2D eigenvalue weighted by Crippen LogP contribution is -2.58. The zero-order chi connectivity index (χ0) is 22.5. The van der Waals surface area contributed by atoms with E-state index < -0.39 is 18.4 Å². The molecule has 0 aromatic heterocycles. The van der Waals surface area contributed by atoms with E-state index in [4.69, 9.17) is 4.74 Å². The summed E-state index contributed by atoms with van der Waals surface area (Å²) in [5.74, 6) is 0.276. The first-order chi connectivity index (χ1) is 15.5. The summed E-state index contributed by atoms with van der Waals surface area (Å²) in [5.41, 5.74) is 1.86. The number of carbonyl (C=O) groups is 2. The van der Waals surface area contributed by atoms with Crippen LogP contribution >= 0.6 is 0 Å². The number of piperazine rings is 1. The third kappa shape index (κ3) is 5.38. The molecule has 0 bridgehead atoms. The molecule has 3 atom stereocenters. The van der Waals surface area contributed by atoms with E-state index in [1.165, 1.54) is 0 Å². The number of amides is 3. The van der Waals surface area contributed by atoms with Crippen molar-refractivity contribution < 1.29 is 19.4 Å². The van der Waals surface area contributed by atoms with Gasteiger partial charge >= 0.3 is 6.03 Å². The molecule has 2 aliphatic rings. The van der Waals surface area contributed by atoms with Crippen LogP contribution in [-0.4, -0.2) is 78.4 Å². The van der Waals surface area contributed by atoms with Crippen LogP contribution in [0.15, 0.2) is 54.6 Å². The first-order valence-corrected chi connectivity index (χ1v) is 11.0. The second-order valence-electron chi connectivity index (χ2n) is 8.42. The van der Waals surface area contributed by atoms with Crippen LogP contribution in [0.1, 0.15) is 11.1 Å². The highest BCUT2D eigenvalue weighted by molar-refractivity contribution is 5.87. The van der Waals surface area contributed by atoms with Gasteiger partial charge in [-0.15, -0.1) is 0 Å². The molecule has 2 aromatic carbocycles. The SMILES string of the molecule is CN1CCN(C(=O)N[C@@H](Cc2ccccc2)C(=O)N[C@H]2Cc3ccccc3OC2O)CC1. The summed E-state index contributed by atoms with van der Waals surface area (Å²) >= 11 is 0. The number of aliphatic hydroxyl groups is 1. The molecule has 2 aromatic rings. The molecule has 32 heavy (non-hydrogen) atoms. The number of carbonyl (C=O) groups excluding carboxylic acids is 2. The first kappa shape index (κ1) is 22.1. The summed E-state index contributed by atoms with van der Waals surface area (Å²) in [5, 5.41) is 16.2. The highest BCUT2D eigenvalue weighted by atomic mass is 16.6. The fourth-order valence-corrected chi connectivity index (χ4v) is 4.05. The second kappa shape index (κ2) is 10.0. The molecule has 8 nitrogen and oxygen atoms in total. The predicted molar refractivity (Wildman–Crippen MR) is 120 cm³/mol. The third-order valence-electron chi connectivity index (χ3n) is 6.02. The number of fused-ring (bicyclic) bond motifs is 1. The van der Waals surface area contributed by atoms with Crippen molar-refractivity contribution in [3.05, 3.63) is 65.7 Å². The largest absolute Gasteiger partial charge is 0.463 e. The first-order valence-electron chi connectivity index (χ1n) is 11.0. The number of ether oxygens (including phenoxy) is 1. The number of nitrogens with zero attached hydrogens (tertiary/aromatic N) is 2. The van der Waals surface area contributed by atoms with Gasteiger partial charge in [0.15, 0.2) is 0 Å². The molecule has 0 saturated carbocycles. The van der Waals surface area contributed by atoms with Gasteiger partial charge in [-0.1, -0.05) is 48.5 Å². The lowest BCUT2D eigenvalue weighted by Gasteiger charge is -2.34. The molecule has 0 radical (unpaired) electrons. The third-order valence-corrected chi connectivity index (χ3v) is 6.02. The molecule has 0 aliphatic carbocycles. The van der Waals surface area contributed by atoms with Gasteiger partial charge in [-0.25, -0.2) is 4.79 Å². The van der Waals surface area contributed by atoms with Crippen molar-refractivity contribution in [2.45, 2.75) is 31.2 Å². The minimum absolute atomic E-state index is 0.250. The maximum absolute atomic E-state index is 13.2. The number of hydrogen-bond acceptors (Lipinski definition) is 5. The molecular weight excluding hydrogens is 408 g/mol. The Labute approximate surface area is 188 Å². The van der Waals surface area contributed by atoms with E-state index in [1.54, 1.807) is 11.0 Å². The number of nitrogens with one attached hydrogen (secondary N) is 2. The fourth-order valence-electron chi connectivity index (χ4n) is 4.05. The van der Waals surface area contributed by atoms with Crippen LogP contribution in [0, 0.1) is 0 Å². The Bertz CT molecular complexity index is 931. The topological polar surface area (TPSA) is 94.1 Å². The quantitative estimate of drug-likeness (QED) is 0.648. The van der Waals surface area contributed by atoms with Crippen LogP contribution in [-0.2, 0) is 17.6 Å². The monoisotopic (exact) mass is 438 g/mol. The molecule has 3 N–H and O–H groups in total. The Morgan fingerprint density at radius 1 is 1.06 bits per heavy atom. The van der Waals surface area contributed by atoms with Crippen LogP contribution in [0.3, 0.4) is 0 Å². The van der Waals surface area contributed by atoms with E-state index >= 15 is 0 Å². The molecule has 1 saturated heterocycles. The van der Waals surface area contributed by atoms with Crippen molar-refractivity contribution >= 4 is 11.9 Å². The number of rotatable bonds is 5.